The summed E-state index contributed by atoms with van der Waals surface area (Å²) in [6, 6.07) is 10.5. The molecule has 102 valence electrons. The van der Waals surface area contributed by atoms with E-state index < -0.39 is 11.7 Å². The van der Waals surface area contributed by atoms with Gasteiger partial charge in [-0.05, 0) is 42.5 Å². The number of amides is 1. The standard InChI is InChI=1S/C14H10ClFN2OS/c15-9-3-6-11(12(16)7-9)14(19)18-10-4-1-8(2-5-10)13(17)20/h1-7H,(H2,17,20)(H,18,19). The molecular formula is C14H10ClFN2OS. The minimum Gasteiger partial charge on any atom is -0.389 e. The molecule has 2 aromatic rings. The topological polar surface area (TPSA) is 55.1 Å². The van der Waals surface area contributed by atoms with Crippen molar-refractivity contribution in [2.75, 3.05) is 5.32 Å². The smallest absolute Gasteiger partial charge is 0.258 e. The Kier molecular flexibility index (Phi) is 4.32. The number of nitrogens with two attached hydrogens (primary N) is 1. The van der Waals surface area contributed by atoms with Gasteiger partial charge in [-0.2, -0.15) is 0 Å². The lowest BCUT2D eigenvalue weighted by molar-refractivity contribution is 0.102. The highest BCUT2D eigenvalue weighted by molar-refractivity contribution is 7.80. The van der Waals surface area contributed by atoms with Crippen LogP contribution in [0.5, 0.6) is 0 Å². The van der Waals surface area contributed by atoms with Crippen LogP contribution in [0.25, 0.3) is 0 Å². The highest BCUT2D eigenvalue weighted by atomic mass is 35.5. The molecule has 0 saturated heterocycles. The van der Waals surface area contributed by atoms with Gasteiger partial charge in [0.05, 0.1) is 5.56 Å². The van der Waals surface area contributed by atoms with Crippen LogP contribution in [-0.2, 0) is 0 Å². The van der Waals surface area contributed by atoms with Crippen molar-refractivity contribution in [3.05, 3.63) is 64.4 Å². The van der Waals surface area contributed by atoms with Crippen molar-refractivity contribution >= 4 is 40.4 Å². The van der Waals surface area contributed by atoms with Crippen LogP contribution in [0.4, 0.5) is 10.1 Å². The molecule has 0 aliphatic carbocycles. The van der Waals surface area contributed by atoms with Gasteiger partial charge in [0.2, 0.25) is 0 Å². The van der Waals surface area contributed by atoms with Crippen LogP contribution in [0.15, 0.2) is 42.5 Å². The lowest BCUT2D eigenvalue weighted by atomic mass is 10.1. The molecule has 0 radical (unpaired) electrons. The van der Waals surface area contributed by atoms with Crippen LogP contribution >= 0.6 is 23.8 Å². The molecule has 0 spiro atoms. The molecule has 2 aromatic carbocycles. The molecule has 0 aliphatic rings. The predicted octanol–water partition coefficient (Wildman–Crippen LogP) is 3.37. The predicted molar refractivity (Wildman–Crippen MR) is 81.7 cm³/mol. The summed E-state index contributed by atoms with van der Waals surface area (Å²) >= 11 is 10.5. The van der Waals surface area contributed by atoms with Gasteiger partial charge in [-0.1, -0.05) is 23.8 Å². The highest BCUT2D eigenvalue weighted by Gasteiger charge is 2.12. The van der Waals surface area contributed by atoms with E-state index in [1.54, 1.807) is 24.3 Å². The third-order valence-electron chi connectivity index (χ3n) is 2.60. The second-order valence-corrected chi connectivity index (χ2v) is 4.90. The van der Waals surface area contributed by atoms with Crippen molar-refractivity contribution in [1.82, 2.24) is 0 Å². The fraction of sp³-hybridized carbons (Fsp3) is 0. The Balaban J connectivity index is 2.17. The van der Waals surface area contributed by atoms with E-state index in [2.05, 4.69) is 5.32 Å². The zero-order valence-electron chi connectivity index (χ0n) is 10.2. The first-order valence-electron chi connectivity index (χ1n) is 5.63. The van der Waals surface area contributed by atoms with Crippen LogP contribution < -0.4 is 11.1 Å². The Morgan fingerprint density at radius 3 is 2.40 bits per heavy atom. The molecular weight excluding hydrogens is 299 g/mol. The van der Waals surface area contributed by atoms with Gasteiger partial charge in [0, 0.05) is 16.3 Å². The zero-order chi connectivity index (χ0) is 14.7. The molecule has 6 heteroatoms. The van der Waals surface area contributed by atoms with E-state index in [9.17, 15) is 9.18 Å². The van der Waals surface area contributed by atoms with E-state index in [4.69, 9.17) is 29.6 Å². The van der Waals surface area contributed by atoms with Gasteiger partial charge in [-0.25, -0.2) is 4.39 Å². The number of carbonyl (C=O) groups excluding carboxylic acids is 1. The molecule has 0 unspecified atom stereocenters. The third-order valence-corrected chi connectivity index (χ3v) is 3.07. The lowest BCUT2D eigenvalue weighted by Crippen LogP contribution is -2.14. The second-order valence-electron chi connectivity index (χ2n) is 4.02. The van der Waals surface area contributed by atoms with Crippen LogP contribution in [0.3, 0.4) is 0 Å². The fourth-order valence-electron chi connectivity index (χ4n) is 1.59. The number of benzene rings is 2. The van der Waals surface area contributed by atoms with Crippen LogP contribution in [0.1, 0.15) is 15.9 Å². The lowest BCUT2D eigenvalue weighted by Gasteiger charge is -2.07. The molecule has 3 nitrogen and oxygen atoms in total. The van der Waals surface area contributed by atoms with Gasteiger partial charge in [0.1, 0.15) is 10.8 Å². The molecule has 0 fully saturated rings. The zero-order valence-corrected chi connectivity index (χ0v) is 11.8. The van der Waals surface area contributed by atoms with Crippen molar-refractivity contribution in [2.45, 2.75) is 0 Å². The van der Waals surface area contributed by atoms with Crippen molar-refractivity contribution in [1.29, 1.82) is 0 Å². The van der Waals surface area contributed by atoms with Crippen molar-refractivity contribution in [3.63, 3.8) is 0 Å². The number of thiocarbonyl (C=S) groups is 1. The number of nitrogens with one attached hydrogen (secondary N) is 1. The Morgan fingerprint density at radius 2 is 1.85 bits per heavy atom. The maximum Gasteiger partial charge on any atom is 0.258 e. The molecule has 0 heterocycles. The molecule has 0 atom stereocenters. The Hall–Kier alpha value is -1.98. The van der Waals surface area contributed by atoms with Gasteiger partial charge in [0.25, 0.3) is 5.91 Å². The Labute approximate surface area is 125 Å². The van der Waals surface area contributed by atoms with Crippen LogP contribution in [0, 0.1) is 5.82 Å². The van der Waals surface area contributed by atoms with Gasteiger partial charge < -0.3 is 11.1 Å². The summed E-state index contributed by atoms with van der Waals surface area (Å²) in [4.78, 5) is 12.2. The molecule has 0 saturated carbocycles. The van der Waals surface area contributed by atoms with Crippen molar-refractivity contribution in [2.24, 2.45) is 5.73 Å². The quantitative estimate of drug-likeness (QED) is 0.855. The van der Waals surface area contributed by atoms with Crippen LogP contribution in [-0.4, -0.2) is 10.9 Å². The summed E-state index contributed by atoms with van der Waals surface area (Å²) < 4.78 is 13.6. The maximum atomic E-state index is 13.6. The summed E-state index contributed by atoms with van der Waals surface area (Å²) in [6.07, 6.45) is 0. The normalized spacial score (nSPS) is 10.1. The average molecular weight is 309 g/mol. The average Bonchev–Trinajstić information content (AvgIpc) is 2.39. The Morgan fingerprint density at radius 1 is 1.20 bits per heavy atom. The number of halogens is 2. The van der Waals surface area contributed by atoms with Crippen LogP contribution in [0.2, 0.25) is 5.02 Å². The minimum absolute atomic E-state index is 0.0761. The number of rotatable bonds is 3. The van der Waals surface area contributed by atoms with Crippen molar-refractivity contribution in [3.8, 4) is 0 Å². The van der Waals surface area contributed by atoms with Crippen molar-refractivity contribution < 1.29 is 9.18 Å². The third kappa shape index (κ3) is 3.31. The van der Waals surface area contributed by atoms with Gasteiger partial charge >= 0.3 is 0 Å². The van der Waals surface area contributed by atoms with Gasteiger partial charge in [-0.15, -0.1) is 0 Å². The summed E-state index contributed by atoms with van der Waals surface area (Å²) in [5.41, 5.74) is 6.60. The second kappa shape index (κ2) is 5.98. The number of hydrogen-bond acceptors (Lipinski definition) is 2. The SMILES string of the molecule is NC(=S)c1ccc(NC(=O)c2ccc(Cl)cc2F)cc1. The molecule has 20 heavy (non-hydrogen) atoms. The summed E-state index contributed by atoms with van der Waals surface area (Å²) in [7, 11) is 0. The number of hydrogen-bond donors (Lipinski definition) is 2. The highest BCUT2D eigenvalue weighted by Crippen LogP contribution is 2.17. The minimum atomic E-state index is -0.672. The first-order chi connectivity index (χ1) is 9.47. The summed E-state index contributed by atoms with van der Waals surface area (Å²) in [6.45, 7) is 0. The number of carbonyl (C=O) groups is 1. The number of anilines is 1. The van der Waals surface area contributed by atoms with E-state index in [-0.39, 0.29) is 15.6 Å². The monoisotopic (exact) mass is 308 g/mol. The molecule has 2 rings (SSSR count). The molecule has 0 aliphatic heterocycles. The molecule has 0 aromatic heterocycles. The van der Waals surface area contributed by atoms with E-state index >= 15 is 0 Å². The molecule has 0 bridgehead atoms. The first-order valence-corrected chi connectivity index (χ1v) is 6.42. The van der Waals surface area contributed by atoms with Gasteiger partial charge in [-0.3, -0.25) is 4.79 Å². The Bertz CT molecular complexity index is 673. The van der Waals surface area contributed by atoms with E-state index in [0.29, 0.717) is 11.3 Å². The van der Waals surface area contributed by atoms with E-state index in [1.165, 1.54) is 12.1 Å². The van der Waals surface area contributed by atoms with E-state index in [0.717, 1.165) is 6.07 Å². The first kappa shape index (κ1) is 14.4. The fourth-order valence-corrected chi connectivity index (χ4v) is 1.88. The summed E-state index contributed by atoms with van der Waals surface area (Å²) in [5.74, 6) is -1.23. The van der Waals surface area contributed by atoms with E-state index in [1.807, 2.05) is 0 Å². The summed E-state index contributed by atoms with van der Waals surface area (Å²) in [5, 5.41) is 2.81. The molecule has 3 N–H and O–H groups in total. The largest absolute Gasteiger partial charge is 0.389 e. The van der Waals surface area contributed by atoms with Gasteiger partial charge in [0.15, 0.2) is 0 Å². The maximum absolute atomic E-state index is 13.6. The molecule has 1 amide bonds.